The summed E-state index contributed by atoms with van der Waals surface area (Å²) in [6.45, 7) is 57.8. The fourth-order valence-electron chi connectivity index (χ4n) is 22.5. The Labute approximate surface area is 668 Å². The molecule has 0 radical (unpaired) electrons. The van der Waals surface area contributed by atoms with Gasteiger partial charge in [0.25, 0.3) is 13.4 Å². The van der Waals surface area contributed by atoms with Crippen molar-refractivity contribution in [2.75, 3.05) is 43.1 Å². The van der Waals surface area contributed by atoms with Gasteiger partial charge in [0.15, 0.2) is 14.6 Å². The SMILES string of the molecule is CC(C)(C)c1ccc2c(c1)Bc1c3c4c5c6c7c(c4c4c8c9c%10c%11c%12c%13c(c%10c14)Nc1ccc(C(C)(C)C)cc1B%13c1cc(C(C)(C)C)ccc1N%12c1ccc(C(C)(C)C)cc1B%11CN9c1ccc(C(C)(C)C)cc1B8)Nc1ccc(C(C)(C)C)cc1B7c1cc(C(C)(C)C)ccc1N6c1ccc(C(C)(C)C)cc1B5CN23. The molecule has 10 aliphatic heterocycles. The van der Waals surface area contributed by atoms with Crippen molar-refractivity contribution in [1.29, 1.82) is 0 Å². The van der Waals surface area contributed by atoms with Gasteiger partial charge >= 0.3 is 0 Å². The van der Waals surface area contributed by atoms with E-state index >= 15 is 0 Å². The maximum Gasteiger partial charge on any atom is 0.252 e. The molecule has 112 heavy (non-hydrogen) atoms. The van der Waals surface area contributed by atoms with Gasteiger partial charge < -0.3 is 30.2 Å². The molecule has 10 aliphatic rings. The first-order chi connectivity index (χ1) is 52.6. The Kier molecular flexibility index (Phi) is 13.3. The van der Waals surface area contributed by atoms with Gasteiger partial charge in [-0.3, -0.25) is 0 Å². The fourth-order valence-corrected chi connectivity index (χ4v) is 22.5. The van der Waals surface area contributed by atoms with Gasteiger partial charge in [0.1, 0.15) is 0 Å². The molecular weight excluding hydrogens is 1350 g/mol. The number of rotatable bonds is 0. The Balaban J connectivity index is 1.01. The quantitative estimate of drug-likeness (QED) is 0.116. The van der Waals surface area contributed by atoms with Crippen molar-refractivity contribution in [2.45, 2.75) is 209 Å². The smallest absolute Gasteiger partial charge is 0.252 e. The monoisotopic (exact) mass is 1450 g/mol. The summed E-state index contributed by atoms with van der Waals surface area (Å²) in [6, 6.07) is 61.2. The van der Waals surface area contributed by atoms with E-state index in [2.05, 4.69) is 342 Å². The summed E-state index contributed by atoms with van der Waals surface area (Å²) in [5, 5.41) is 17.8. The zero-order valence-corrected chi connectivity index (χ0v) is 70.8. The minimum absolute atomic E-state index is 0.0277. The number of benzene rings is 12. The lowest BCUT2D eigenvalue weighted by Gasteiger charge is -2.52. The molecule has 12 aromatic rings. The van der Waals surface area contributed by atoms with Crippen LogP contribution in [0.1, 0.15) is 211 Å². The van der Waals surface area contributed by atoms with Crippen LogP contribution in [-0.2, 0) is 43.3 Å². The lowest BCUT2D eigenvalue weighted by molar-refractivity contribution is 0.590. The van der Waals surface area contributed by atoms with Crippen molar-refractivity contribution in [1.82, 2.24) is 0 Å². The molecule has 0 fully saturated rings. The average Bonchev–Trinajstić information content (AvgIpc) is 0.645. The van der Waals surface area contributed by atoms with Crippen LogP contribution in [0.2, 0.25) is 0 Å². The van der Waals surface area contributed by atoms with E-state index < -0.39 is 0 Å². The van der Waals surface area contributed by atoms with Gasteiger partial charge in [-0.15, -0.1) is 0 Å². The molecule has 12 heteroatoms. The van der Waals surface area contributed by atoms with Crippen LogP contribution >= 0.6 is 0 Å². The molecule has 0 atom stereocenters. The third kappa shape index (κ3) is 9.13. The highest BCUT2D eigenvalue weighted by molar-refractivity contribution is 7.05. The Hall–Kier alpha value is -9.39. The molecule has 0 aromatic heterocycles. The van der Waals surface area contributed by atoms with Gasteiger partial charge in [-0.25, -0.2) is 0 Å². The summed E-state index contributed by atoms with van der Waals surface area (Å²) >= 11 is 0. The Morgan fingerprint density at radius 1 is 0.268 bits per heavy atom. The van der Waals surface area contributed by atoms with Gasteiger partial charge in [0.05, 0.1) is 0 Å². The van der Waals surface area contributed by atoms with E-state index in [1.165, 1.54) is 233 Å². The third-order valence-corrected chi connectivity index (χ3v) is 28.6. The van der Waals surface area contributed by atoms with Crippen molar-refractivity contribution < 1.29 is 0 Å². The first-order valence-corrected chi connectivity index (χ1v) is 42.1. The molecule has 12 aromatic carbocycles. The van der Waals surface area contributed by atoms with Crippen LogP contribution in [0.4, 0.5) is 79.6 Å². The number of nitrogens with zero attached hydrogens (tertiary/aromatic N) is 4. The standard InChI is InChI=1S/C100H104B6N6/c1-93(2,3)51-27-35-69-59(41-51)101-81-75-76(78-79-83-91-86-88(78)108-68-34-26-54(96(10,11)12)44-62(68)106(86)66-48-58(100(22,23)24)31-39-73(66)111(91)71-37-29-55(97(13,14)15)45-63(71)103(83)49-109(69)89(79)81)82-90-80-77(75)87-85-92-84(80)104(50-110(90)70-36-28-52(94(4,5)6)42-60(70)102-82)64-46-56(98(16,17)18)30-38-72(64)112(92)74-40-32-57(99(19,20)21)47-65(74)105(85)61-43-53(95(7,8)9)25-33-67(61)107-87/h25-48,101-102,107-108H,49-50H2,1-24H3. The molecule has 0 saturated carbocycles. The fraction of sp³-hybridized carbons (Fsp3) is 0.340. The molecule has 6 nitrogen and oxygen atoms in total. The van der Waals surface area contributed by atoms with E-state index in [4.69, 9.17) is 0 Å². The molecule has 22 rings (SSSR count). The second kappa shape index (κ2) is 21.5. The van der Waals surface area contributed by atoms with Crippen molar-refractivity contribution in [3.05, 3.63) is 190 Å². The second-order valence-corrected chi connectivity index (χ2v) is 43.9. The van der Waals surface area contributed by atoms with Crippen LogP contribution in [-0.4, -0.2) is 54.3 Å². The van der Waals surface area contributed by atoms with Crippen LogP contribution < -0.4 is 107 Å². The lowest BCUT2D eigenvalue weighted by atomic mass is 9.29. The topological polar surface area (TPSA) is 37.0 Å². The summed E-state index contributed by atoms with van der Waals surface area (Å²) < 4.78 is 0. The largest absolute Gasteiger partial charge is 0.356 e. The number of hydrogen-bond acceptors (Lipinski definition) is 6. The van der Waals surface area contributed by atoms with Gasteiger partial charge in [0, 0.05) is 114 Å². The highest BCUT2D eigenvalue weighted by atomic mass is 15.2. The summed E-state index contributed by atoms with van der Waals surface area (Å²) in [4.78, 5) is 11.5. The minimum Gasteiger partial charge on any atom is -0.356 e. The van der Waals surface area contributed by atoms with Crippen LogP contribution in [0.15, 0.2) is 146 Å². The maximum absolute atomic E-state index is 4.66. The summed E-state index contributed by atoms with van der Waals surface area (Å²) in [5.41, 5.74) is 48.8. The molecule has 0 spiro atoms. The van der Waals surface area contributed by atoms with E-state index in [-0.39, 0.29) is 70.2 Å². The Morgan fingerprint density at radius 3 is 0.848 bits per heavy atom. The predicted octanol–water partition coefficient (Wildman–Crippen LogP) is 14.9. The first kappa shape index (κ1) is 69.3. The zero-order valence-electron chi connectivity index (χ0n) is 70.8. The number of anilines is 14. The van der Waals surface area contributed by atoms with Crippen LogP contribution in [0.5, 0.6) is 0 Å². The molecule has 10 heterocycles. The summed E-state index contributed by atoms with van der Waals surface area (Å²) in [5.74, 6) is 0. The molecule has 0 aliphatic carbocycles. The molecule has 0 amide bonds. The molecule has 552 valence electrons. The molecular formula is C100H104B6N6. The lowest BCUT2D eigenvalue weighted by Crippen LogP contribution is -2.68. The predicted molar refractivity (Wildman–Crippen MR) is 496 cm³/mol. The van der Waals surface area contributed by atoms with Gasteiger partial charge in [-0.2, -0.15) is 0 Å². The van der Waals surface area contributed by atoms with Gasteiger partial charge in [0.2, 0.25) is 13.4 Å². The van der Waals surface area contributed by atoms with Gasteiger partial charge in [-0.05, 0) is 213 Å². The van der Waals surface area contributed by atoms with Crippen LogP contribution in [0.3, 0.4) is 0 Å². The highest BCUT2D eigenvalue weighted by Gasteiger charge is 2.56. The first-order valence-electron chi connectivity index (χ1n) is 42.1. The molecule has 0 saturated heterocycles. The summed E-state index contributed by atoms with van der Waals surface area (Å²) in [6.07, 6.45) is 1.63. The van der Waals surface area contributed by atoms with Gasteiger partial charge in [-0.1, -0.05) is 274 Å². The van der Waals surface area contributed by atoms with Crippen LogP contribution in [0, 0.1) is 0 Å². The van der Waals surface area contributed by atoms with E-state index in [0.29, 0.717) is 0 Å². The van der Waals surface area contributed by atoms with E-state index in [1.54, 1.807) is 0 Å². The Bertz CT molecular complexity index is 6030. The molecule has 0 bridgehead atoms. The average molecular weight is 1450 g/mol. The normalized spacial score (nSPS) is 16.1. The number of nitrogens with one attached hydrogen (secondary N) is 2. The van der Waals surface area contributed by atoms with Crippen molar-refractivity contribution in [3.8, 4) is 0 Å². The van der Waals surface area contributed by atoms with E-state index in [1.807, 2.05) is 0 Å². The zero-order chi connectivity index (χ0) is 78.1. The van der Waals surface area contributed by atoms with Crippen LogP contribution in [0.25, 0.3) is 32.3 Å². The summed E-state index contributed by atoms with van der Waals surface area (Å²) in [7, 11) is 1.59. The van der Waals surface area contributed by atoms with Crippen molar-refractivity contribution in [3.63, 3.8) is 0 Å². The number of fused-ring (bicyclic) bond motifs is 27. The maximum atomic E-state index is 4.66. The highest BCUT2D eigenvalue weighted by Crippen LogP contribution is 2.57. The second-order valence-electron chi connectivity index (χ2n) is 43.9. The van der Waals surface area contributed by atoms with Crippen molar-refractivity contribution in [2.24, 2.45) is 0 Å². The molecule has 2 N–H and O–H groups in total. The molecule has 0 unspecified atom stereocenters. The minimum atomic E-state index is -0.100. The van der Waals surface area contributed by atoms with E-state index in [9.17, 15) is 0 Å². The van der Waals surface area contributed by atoms with E-state index in [0.717, 1.165) is 27.4 Å². The Morgan fingerprint density at radius 2 is 0.536 bits per heavy atom. The third-order valence-electron chi connectivity index (χ3n) is 28.6. The number of hydrogen-bond donors (Lipinski definition) is 2. The van der Waals surface area contributed by atoms with Crippen molar-refractivity contribution >= 4 is 230 Å².